The van der Waals surface area contributed by atoms with Gasteiger partial charge in [0.25, 0.3) is 0 Å². The summed E-state index contributed by atoms with van der Waals surface area (Å²) in [6, 6.07) is 23.6. The van der Waals surface area contributed by atoms with Crippen molar-refractivity contribution >= 4 is 5.97 Å². The molecule has 3 N–H and O–H groups in total. The van der Waals surface area contributed by atoms with Crippen molar-refractivity contribution in [2.24, 2.45) is 5.73 Å². The highest BCUT2D eigenvalue weighted by Crippen LogP contribution is 2.28. The highest BCUT2D eigenvalue weighted by Gasteiger charge is 2.18. The molecule has 1 unspecified atom stereocenters. The van der Waals surface area contributed by atoms with E-state index in [4.69, 9.17) is 10.5 Å². The maximum atomic E-state index is 11.3. The van der Waals surface area contributed by atoms with Crippen LogP contribution in [-0.4, -0.2) is 11.1 Å². The molecule has 4 heteroatoms. The van der Waals surface area contributed by atoms with Crippen LogP contribution in [0.3, 0.4) is 0 Å². The largest absolute Gasteiger partial charge is 0.489 e. The molecule has 138 valence electrons. The van der Waals surface area contributed by atoms with Crippen molar-refractivity contribution in [3.05, 3.63) is 89.5 Å². The Labute approximate surface area is 159 Å². The van der Waals surface area contributed by atoms with Gasteiger partial charge in [0.05, 0.1) is 5.92 Å². The zero-order valence-electron chi connectivity index (χ0n) is 15.3. The number of aliphatic carboxylic acids is 1. The first-order chi connectivity index (χ1) is 13.1. The second-order valence-corrected chi connectivity index (χ2v) is 6.49. The topological polar surface area (TPSA) is 72.5 Å². The Kier molecular flexibility index (Phi) is 5.89. The smallest absolute Gasteiger partial charge is 0.310 e. The Bertz CT molecular complexity index is 936. The summed E-state index contributed by atoms with van der Waals surface area (Å²) in [5.41, 5.74) is 10.7. The Morgan fingerprint density at radius 2 is 1.59 bits per heavy atom. The summed E-state index contributed by atoms with van der Waals surface area (Å²) in [5, 5.41) is 9.29. The second kappa shape index (κ2) is 8.52. The first kappa shape index (κ1) is 18.7. The lowest BCUT2D eigenvalue weighted by Crippen LogP contribution is -2.09. The molecule has 1 atom stereocenters. The molecule has 3 aromatic rings. The van der Waals surface area contributed by atoms with Crippen molar-refractivity contribution in [3.8, 4) is 16.9 Å². The van der Waals surface area contributed by atoms with E-state index < -0.39 is 11.9 Å². The Morgan fingerprint density at radius 3 is 2.26 bits per heavy atom. The number of hydrogen-bond acceptors (Lipinski definition) is 3. The number of hydrogen-bond donors (Lipinski definition) is 2. The van der Waals surface area contributed by atoms with Gasteiger partial charge in [-0.05, 0) is 47.4 Å². The number of para-hydroxylation sites is 1. The van der Waals surface area contributed by atoms with Gasteiger partial charge in [0.15, 0.2) is 0 Å². The van der Waals surface area contributed by atoms with Crippen LogP contribution in [0.1, 0.15) is 29.5 Å². The first-order valence-electron chi connectivity index (χ1n) is 8.91. The predicted molar refractivity (Wildman–Crippen MR) is 107 cm³/mol. The fourth-order valence-electron chi connectivity index (χ4n) is 2.98. The summed E-state index contributed by atoms with van der Waals surface area (Å²) in [4.78, 5) is 11.3. The molecular weight excluding hydrogens is 338 g/mol. The fourth-order valence-corrected chi connectivity index (χ4v) is 2.98. The average Bonchev–Trinajstić information content (AvgIpc) is 2.72. The van der Waals surface area contributed by atoms with E-state index in [1.165, 1.54) is 0 Å². The monoisotopic (exact) mass is 361 g/mol. The Hall–Kier alpha value is -3.11. The predicted octanol–water partition coefficient (Wildman–Crippen LogP) is 4.58. The number of benzene rings is 3. The summed E-state index contributed by atoms with van der Waals surface area (Å²) < 4.78 is 5.95. The normalized spacial score (nSPS) is 11.8. The van der Waals surface area contributed by atoms with Crippen molar-refractivity contribution in [3.63, 3.8) is 0 Å². The van der Waals surface area contributed by atoms with Crippen LogP contribution < -0.4 is 10.5 Å². The fraction of sp³-hybridized carbons (Fsp3) is 0.174. The van der Waals surface area contributed by atoms with Gasteiger partial charge in [0.1, 0.15) is 12.4 Å². The van der Waals surface area contributed by atoms with Crippen molar-refractivity contribution in [2.75, 3.05) is 0 Å². The van der Waals surface area contributed by atoms with Crippen LogP contribution >= 0.6 is 0 Å². The van der Waals surface area contributed by atoms with Crippen LogP contribution in [0, 0.1) is 0 Å². The highest BCUT2D eigenvalue weighted by atomic mass is 16.5. The van der Waals surface area contributed by atoms with Crippen molar-refractivity contribution in [2.45, 2.75) is 26.0 Å². The maximum Gasteiger partial charge on any atom is 0.310 e. The summed E-state index contributed by atoms with van der Waals surface area (Å²) in [7, 11) is 0. The van der Waals surface area contributed by atoms with Crippen LogP contribution in [0.5, 0.6) is 5.75 Å². The van der Waals surface area contributed by atoms with Gasteiger partial charge >= 0.3 is 5.97 Å². The van der Waals surface area contributed by atoms with E-state index in [0.29, 0.717) is 24.5 Å². The van der Waals surface area contributed by atoms with Crippen LogP contribution in [-0.2, 0) is 17.9 Å². The molecular formula is C23H23NO3. The highest BCUT2D eigenvalue weighted by molar-refractivity contribution is 5.76. The number of nitrogens with two attached hydrogens (primary N) is 1. The number of carboxylic acids is 1. The van der Waals surface area contributed by atoms with Gasteiger partial charge in [-0.25, -0.2) is 0 Å². The second-order valence-electron chi connectivity index (χ2n) is 6.49. The molecule has 27 heavy (non-hydrogen) atoms. The van der Waals surface area contributed by atoms with Crippen LogP contribution in [0.2, 0.25) is 0 Å². The van der Waals surface area contributed by atoms with Crippen LogP contribution in [0.25, 0.3) is 11.1 Å². The van der Waals surface area contributed by atoms with Crippen molar-refractivity contribution < 1.29 is 14.6 Å². The third-order valence-electron chi connectivity index (χ3n) is 4.57. The summed E-state index contributed by atoms with van der Waals surface area (Å²) in [6.07, 6.45) is 0. The van der Waals surface area contributed by atoms with E-state index >= 15 is 0 Å². The molecule has 0 bridgehead atoms. The lowest BCUT2D eigenvalue weighted by Gasteiger charge is -2.14. The Balaban J connectivity index is 1.79. The van der Waals surface area contributed by atoms with E-state index in [9.17, 15) is 9.90 Å². The average molecular weight is 361 g/mol. The molecule has 0 aromatic heterocycles. The molecule has 0 aliphatic carbocycles. The minimum absolute atomic E-state index is 0.369. The molecule has 3 aromatic carbocycles. The molecule has 0 saturated heterocycles. The van der Waals surface area contributed by atoms with Gasteiger partial charge in [-0.1, -0.05) is 54.6 Å². The van der Waals surface area contributed by atoms with Gasteiger partial charge in [0.2, 0.25) is 0 Å². The zero-order chi connectivity index (χ0) is 19.2. The number of carboxylic acid groups (broad SMARTS) is 1. The Morgan fingerprint density at radius 1 is 0.963 bits per heavy atom. The summed E-state index contributed by atoms with van der Waals surface area (Å²) in [5.74, 6) is -0.887. The molecule has 0 amide bonds. The number of ether oxygens (including phenoxy) is 1. The zero-order valence-corrected chi connectivity index (χ0v) is 15.3. The minimum Gasteiger partial charge on any atom is -0.489 e. The van der Waals surface area contributed by atoms with Gasteiger partial charge < -0.3 is 15.6 Å². The third kappa shape index (κ3) is 4.54. The lowest BCUT2D eigenvalue weighted by molar-refractivity contribution is -0.138. The van der Waals surface area contributed by atoms with E-state index in [0.717, 1.165) is 22.3 Å². The SMILES string of the molecule is CC(C(=O)O)c1ccccc1OCc1cccc(-c2cccc(CN)c2)c1. The summed E-state index contributed by atoms with van der Waals surface area (Å²) in [6.45, 7) is 2.54. The number of carbonyl (C=O) groups is 1. The first-order valence-corrected chi connectivity index (χ1v) is 8.91. The van der Waals surface area contributed by atoms with E-state index in [-0.39, 0.29) is 0 Å². The molecule has 0 spiro atoms. The van der Waals surface area contributed by atoms with E-state index in [2.05, 4.69) is 24.3 Å². The van der Waals surface area contributed by atoms with Gasteiger partial charge in [-0.2, -0.15) is 0 Å². The molecule has 3 rings (SSSR count). The molecule has 0 aliphatic heterocycles. The van der Waals surface area contributed by atoms with Crippen LogP contribution in [0.15, 0.2) is 72.8 Å². The molecule has 0 heterocycles. The molecule has 4 nitrogen and oxygen atoms in total. The molecule has 0 saturated carbocycles. The molecule has 0 radical (unpaired) electrons. The van der Waals surface area contributed by atoms with Gasteiger partial charge in [-0.3, -0.25) is 4.79 Å². The lowest BCUT2D eigenvalue weighted by atomic mass is 10.00. The van der Waals surface area contributed by atoms with E-state index in [1.807, 2.05) is 42.5 Å². The van der Waals surface area contributed by atoms with E-state index in [1.54, 1.807) is 13.0 Å². The minimum atomic E-state index is -0.868. The summed E-state index contributed by atoms with van der Waals surface area (Å²) >= 11 is 0. The third-order valence-corrected chi connectivity index (χ3v) is 4.57. The van der Waals surface area contributed by atoms with Crippen molar-refractivity contribution in [1.29, 1.82) is 0 Å². The quantitative estimate of drug-likeness (QED) is 0.646. The molecule has 0 fully saturated rings. The van der Waals surface area contributed by atoms with Gasteiger partial charge in [0, 0.05) is 12.1 Å². The van der Waals surface area contributed by atoms with Crippen LogP contribution in [0.4, 0.5) is 0 Å². The molecule has 0 aliphatic rings. The number of rotatable bonds is 7. The van der Waals surface area contributed by atoms with Crippen molar-refractivity contribution in [1.82, 2.24) is 0 Å². The van der Waals surface area contributed by atoms with Gasteiger partial charge in [-0.15, -0.1) is 0 Å². The maximum absolute atomic E-state index is 11.3. The standard InChI is InChI=1S/C23H23NO3/c1-16(23(25)26)21-10-2-3-11-22(21)27-15-18-7-5-9-20(13-18)19-8-4-6-17(12-19)14-24/h2-13,16H,14-15,24H2,1H3,(H,25,26).